The van der Waals surface area contributed by atoms with Gasteiger partial charge in [0, 0.05) is 24.0 Å². The molecular weight excluding hydrogens is 289 g/mol. The highest BCUT2D eigenvalue weighted by molar-refractivity contribution is 7.98. The van der Waals surface area contributed by atoms with Crippen LogP contribution >= 0.6 is 35.0 Å². The van der Waals surface area contributed by atoms with Crippen LogP contribution < -0.4 is 5.32 Å². The van der Waals surface area contributed by atoms with Gasteiger partial charge in [0.1, 0.15) is 0 Å². The third-order valence-corrected chi connectivity index (χ3v) is 3.95. The summed E-state index contributed by atoms with van der Waals surface area (Å²) in [5, 5.41) is 4.01. The first-order chi connectivity index (χ1) is 8.49. The lowest BCUT2D eigenvalue weighted by Gasteiger charge is -2.08. The van der Waals surface area contributed by atoms with Gasteiger partial charge in [-0.25, -0.2) is 0 Å². The summed E-state index contributed by atoms with van der Waals surface area (Å²) in [4.78, 5) is 11.4. The molecule has 0 aliphatic carbocycles. The van der Waals surface area contributed by atoms with Crippen LogP contribution in [0.2, 0.25) is 10.0 Å². The van der Waals surface area contributed by atoms with E-state index in [1.165, 1.54) is 0 Å². The van der Waals surface area contributed by atoms with Gasteiger partial charge in [0.2, 0.25) is 5.91 Å². The topological polar surface area (TPSA) is 29.1 Å². The van der Waals surface area contributed by atoms with E-state index in [4.69, 9.17) is 23.2 Å². The molecule has 1 N–H and O–H groups in total. The van der Waals surface area contributed by atoms with Crippen LogP contribution in [-0.2, 0) is 10.5 Å². The first kappa shape index (κ1) is 15.7. The second-order valence-corrected chi connectivity index (χ2v) is 6.19. The highest BCUT2D eigenvalue weighted by atomic mass is 35.5. The molecule has 1 aromatic rings. The standard InChI is InChI=1S/C13H17Cl2NOS/c1-9(2)16-13(17)5-6-18-8-10-3-4-11(14)12(15)7-10/h3-4,7,9H,5-6,8H2,1-2H3,(H,16,17). The number of nitrogens with one attached hydrogen (secondary N) is 1. The fourth-order valence-corrected chi connectivity index (χ4v) is 2.59. The van der Waals surface area contributed by atoms with Gasteiger partial charge in [-0.15, -0.1) is 0 Å². The summed E-state index contributed by atoms with van der Waals surface area (Å²) in [6, 6.07) is 5.82. The molecule has 0 heterocycles. The number of rotatable bonds is 6. The molecule has 5 heteroatoms. The van der Waals surface area contributed by atoms with E-state index in [1.807, 2.05) is 26.0 Å². The average molecular weight is 306 g/mol. The van der Waals surface area contributed by atoms with Crippen LogP contribution in [0.5, 0.6) is 0 Å². The minimum Gasteiger partial charge on any atom is -0.354 e. The molecule has 2 nitrogen and oxygen atoms in total. The highest BCUT2D eigenvalue weighted by Gasteiger charge is 2.04. The van der Waals surface area contributed by atoms with Crippen molar-refractivity contribution in [2.75, 3.05) is 5.75 Å². The first-order valence-electron chi connectivity index (χ1n) is 5.80. The number of halogens is 2. The number of carbonyl (C=O) groups excluding carboxylic acids is 1. The zero-order valence-electron chi connectivity index (χ0n) is 10.5. The maximum atomic E-state index is 11.4. The fraction of sp³-hybridized carbons (Fsp3) is 0.462. The molecule has 0 aromatic heterocycles. The molecule has 0 spiro atoms. The molecule has 0 fully saturated rings. The normalized spacial score (nSPS) is 10.7. The van der Waals surface area contributed by atoms with Crippen molar-refractivity contribution in [2.45, 2.75) is 32.1 Å². The predicted molar refractivity (Wildman–Crippen MR) is 80.5 cm³/mol. The predicted octanol–water partition coefficient (Wildman–Crippen LogP) is 4.14. The van der Waals surface area contributed by atoms with Gasteiger partial charge in [0.25, 0.3) is 0 Å². The van der Waals surface area contributed by atoms with Gasteiger partial charge < -0.3 is 5.32 Å². The van der Waals surface area contributed by atoms with E-state index in [1.54, 1.807) is 17.8 Å². The van der Waals surface area contributed by atoms with E-state index < -0.39 is 0 Å². The Kier molecular flexibility index (Phi) is 6.90. The van der Waals surface area contributed by atoms with Gasteiger partial charge in [0.05, 0.1) is 10.0 Å². The average Bonchev–Trinajstić information content (AvgIpc) is 2.28. The van der Waals surface area contributed by atoms with E-state index in [-0.39, 0.29) is 11.9 Å². The van der Waals surface area contributed by atoms with Gasteiger partial charge >= 0.3 is 0 Å². The largest absolute Gasteiger partial charge is 0.354 e. The van der Waals surface area contributed by atoms with Crippen molar-refractivity contribution in [3.05, 3.63) is 33.8 Å². The number of carbonyl (C=O) groups is 1. The Morgan fingerprint density at radius 3 is 2.67 bits per heavy atom. The van der Waals surface area contributed by atoms with E-state index >= 15 is 0 Å². The first-order valence-corrected chi connectivity index (χ1v) is 7.71. The molecule has 1 amide bonds. The van der Waals surface area contributed by atoms with Crippen molar-refractivity contribution in [3.8, 4) is 0 Å². The second-order valence-electron chi connectivity index (χ2n) is 4.27. The van der Waals surface area contributed by atoms with Gasteiger partial charge in [0.15, 0.2) is 0 Å². The molecule has 0 unspecified atom stereocenters. The summed E-state index contributed by atoms with van der Waals surface area (Å²) in [7, 11) is 0. The van der Waals surface area contributed by atoms with E-state index in [9.17, 15) is 4.79 Å². The molecule has 0 radical (unpaired) electrons. The summed E-state index contributed by atoms with van der Waals surface area (Å²) in [6.07, 6.45) is 0.546. The quantitative estimate of drug-likeness (QED) is 0.800. The van der Waals surface area contributed by atoms with Crippen molar-refractivity contribution in [1.82, 2.24) is 5.32 Å². The number of benzene rings is 1. The Balaban J connectivity index is 2.25. The van der Waals surface area contributed by atoms with Crippen LogP contribution in [0.4, 0.5) is 0 Å². The highest BCUT2D eigenvalue weighted by Crippen LogP contribution is 2.24. The lowest BCUT2D eigenvalue weighted by molar-refractivity contribution is -0.121. The summed E-state index contributed by atoms with van der Waals surface area (Å²) in [5.41, 5.74) is 1.12. The molecule has 0 aliphatic heterocycles. The third-order valence-electron chi connectivity index (χ3n) is 2.18. The Bertz CT molecular complexity index is 410. The fourth-order valence-electron chi connectivity index (χ4n) is 1.38. The summed E-state index contributed by atoms with van der Waals surface area (Å²) in [6.45, 7) is 3.92. The van der Waals surface area contributed by atoms with Crippen LogP contribution in [0.15, 0.2) is 18.2 Å². The number of hydrogen-bond acceptors (Lipinski definition) is 2. The lowest BCUT2D eigenvalue weighted by atomic mass is 10.2. The van der Waals surface area contributed by atoms with Crippen LogP contribution in [0.3, 0.4) is 0 Å². The summed E-state index contributed by atoms with van der Waals surface area (Å²) in [5.74, 6) is 1.75. The molecule has 0 bridgehead atoms. The van der Waals surface area contributed by atoms with Crippen LogP contribution in [0.1, 0.15) is 25.8 Å². The second kappa shape index (κ2) is 7.93. The molecule has 100 valence electrons. The van der Waals surface area contributed by atoms with Crippen molar-refractivity contribution in [1.29, 1.82) is 0 Å². The van der Waals surface area contributed by atoms with Gasteiger partial charge in [-0.05, 0) is 31.5 Å². The molecule has 0 saturated carbocycles. The van der Waals surface area contributed by atoms with E-state index in [0.717, 1.165) is 17.1 Å². The molecule has 0 aliphatic rings. The monoisotopic (exact) mass is 305 g/mol. The number of amides is 1. The number of thioether (sulfide) groups is 1. The Morgan fingerprint density at radius 2 is 2.06 bits per heavy atom. The third kappa shape index (κ3) is 5.98. The van der Waals surface area contributed by atoms with Gasteiger partial charge in [-0.1, -0.05) is 29.3 Å². The smallest absolute Gasteiger partial charge is 0.221 e. The van der Waals surface area contributed by atoms with Crippen molar-refractivity contribution in [2.24, 2.45) is 0 Å². The van der Waals surface area contributed by atoms with Gasteiger partial charge in [-0.3, -0.25) is 4.79 Å². The molecule has 0 atom stereocenters. The molecule has 18 heavy (non-hydrogen) atoms. The maximum absolute atomic E-state index is 11.4. The van der Waals surface area contributed by atoms with E-state index in [0.29, 0.717) is 16.5 Å². The van der Waals surface area contributed by atoms with Crippen molar-refractivity contribution in [3.63, 3.8) is 0 Å². The molecule has 1 aromatic carbocycles. The molecule has 1 rings (SSSR count). The minimum atomic E-state index is 0.103. The van der Waals surface area contributed by atoms with Crippen molar-refractivity contribution >= 4 is 40.9 Å². The van der Waals surface area contributed by atoms with E-state index in [2.05, 4.69) is 5.32 Å². The maximum Gasteiger partial charge on any atom is 0.221 e. The SMILES string of the molecule is CC(C)NC(=O)CCSCc1ccc(Cl)c(Cl)c1. The van der Waals surface area contributed by atoms with Gasteiger partial charge in [-0.2, -0.15) is 11.8 Å². The Morgan fingerprint density at radius 1 is 1.33 bits per heavy atom. The summed E-state index contributed by atoms with van der Waals surface area (Å²) < 4.78 is 0. The van der Waals surface area contributed by atoms with Crippen LogP contribution in [0, 0.1) is 0 Å². The molecule has 0 saturated heterocycles. The van der Waals surface area contributed by atoms with Crippen LogP contribution in [-0.4, -0.2) is 17.7 Å². The molecular formula is C13H17Cl2NOS. The zero-order valence-corrected chi connectivity index (χ0v) is 12.8. The lowest BCUT2D eigenvalue weighted by Crippen LogP contribution is -2.30. The Labute approximate surface area is 122 Å². The number of hydrogen-bond donors (Lipinski definition) is 1. The Hall–Kier alpha value is -0.380. The van der Waals surface area contributed by atoms with Crippen molar-refractivity contribution < 1.29 is 4.79 Å². The minimum absolute atomic E-state index is 0.103. The van der Waals surface area contributed by atoms with Crippen LogP contribution in [0.25, 0.3) is 0 Å². The summed E-state index contributed by atoms with van der Waals surface area (Å²) >= 11 is 13.5. The zero-order chi connectivity index (χ0) is 13.5.